The molecule has 0 bridgehead atoms. The zero-order valence-electron chi connectivity index (χ0n) is 12.9. The van der Waals surface area contributed by atoms with Crippen LogP contribution in [0.2, 0.25) is 0 Å². The van der Waals surface area contributed by atoms with E-state index in [9.17, 15) is 0 Å². The number of likely N-dealkylation sites (tertiary alicyclic amines) is 1. The van der Waals surface area contributed by atoms with E-state index in [0.29, 0.717) is 12.2 Å². The monoisotopic (exact) mass is 269 g/mol. The van der Waals surface area contributed by atoms with Crippen molar-refractivity contribution in [2.75, 3.05) is 39.8 Å². The van der Waals surface area contributed by atoms with E-state index in [1.807, 2.05) is 0 Å². The normalized spacial score (nSPS) is 37.1. The van der Waals surface area contributed by atoms with Gasteiger partial charge in [0, 0.05) is 25.2 Å². The Labute approximate surface area is 118 Å². The number of ether oxygens (including phenoxy) is 1. The van der Waals surface area contributed by atoms with E-state index in [0.717, 1.165) is 25.9 Å². The summed E-state index contributed by atoms with van der Waals surface area (Å²) in [6, 6.07) is 0. The molecule has 19 heavy (non-hydrogen) atoms. The first kappa shape index (κ1) is 15.2. The Morgan fingerprint density at radius 1 is 1.21 bits per heavy atom. The van der Waals surface area contributed by atoms with Crippen LogP contribution in [-0.4, -0.2) is 67.3 Å². The topological polar surface area (TPSA) is 41.7 Å². The van der Waals surface area contributed by atoms with Crippen molar-refractivity contribution in [3.05, 3.63) is 0 Å². The maximum atomic E-state index is 6.14. The van der Waals surface area contributed by atoms with E-state index < -0.39 is 0 Å². The molecule has 0 spiro atoms. The summed E-state index contributed by atoms with van der Waals surface area (Å²) in [6.45, 7) is 9.95. The maximum Gasteiger partial charge on any atom is 0.0568 e. The molecule has 0 aromatic heterocycles. The van der Waals surface area contributed by atoms with Gasteiger partial charge in [0.15, 0.2) is 0 Å². The minimum absolute atomic E-state index is 0.136. The molecule has 2 saturated heterocycles. The van der Waals surface area contributed by atoms with Crippen molar-refractivity contribution in [2.24, 2.45) is 5.73 Å². The summed E-state index contributed by atoms with van der Waals surface area (Å²) >= 11 is 0. The van der Waals surface area contributed by atoms with Crippen LogP contribution in [0.4, 0.5) is 0 Å². The summed E-state index contributed by atoms with van der Waals surface area (Å²) in [5.74, 6) is 0. The Kier molecular flexibility index (Phi) is 5.23. The average molecular weight is 269 g/mol. The molecule has 4 nitrogen and oxygen atoms in total. The lowest BCUT2D eigenvalue weighted by molar-refractivity contribution is -0.0981. The van der Waals surface area contributed by atoms with Crippen LogP contribution < -0.4 is 5.73 Å². The highest BCUT2D eigenvalue weighted by atomic mass is 16.5. The van der Waals surface area contributed by atoms with Gasteiger partial charge in [0.1, 0.15) is 0 Å². The van der Waals surface area contributed by atoms with Crippen LogP contribution in [0.25, 0.3) is 0 Å². The fourth-order valence-corrected chi connectivity index (χ4v) is 3.82. The fraction of sp³-hybridized carbons (Fsp3) is 1.00. The predicted octanol–water partition coefficient (Wildman–Crippen LogP) is 1.30. The molecule has 2 heterocycles. The van der Waals surface area contributed by atoms with Crippen molar-refractivity contribution in [1.82, 2.24) is 9.80 Å². The van der Waals surface area contributed by atoms with Crippen LogP contribution >= 0.6 is 0 Å². The molecule has 2 aliphatic rings. The van der Waals surface area contributed by atoms with Crippen LogP contribution in [0.3, 0.4) is 0 Å². The Bertz CT molecular complexity index is 269. The molecule has 2 unspecified atom stereocenters. The van der Waals surface area contributed by atoms with Crippen LogP contribution in [0, 0.1) is 0 Å². The SMILES string of the molecule is CC1CC(CN)(N(C)CCN2CCCC2)CC(C)O1. The maximum absolute atomic E-state index is 6.14. The van der Waals surface area contributed by atoms with E-state index in [-0.39, 0.29) is 5.54 Å². The Morgan fingerprint density at radius 2 is 1.79 bits per heavy atom. The fourth-order valence-electron chi connectivity index (χ4n) is 3.82. The van der Waals surface area contributed by atoms with Crippen molar-refractivity contribution >= 4 is 0 Å². The molecular weight excluding hydrogens is 238 g/mol. The number of hydrogen-bond acceptors (Lipinski definition) is 4. The van der Waals surface area contributed by atoms with Gasteiger partial charge < -0.3 is 15.4 Å². The molecule has 0 aliphatic carbocycles. The molecule has 0 aromatic rings. The molecule has 2 atom stereocenters. The van der Waals surface area contributed by atoms with Crippen molar-refractivity contribution in [2.45, 2.75) is 57.3 Å². The zero-order valence-corrected chi connectivity index (χ0v) is 12.9. The Hall–Kier alpha value is -0.160. The molecule has 2 N–H and O–H groups in total. The van der Waals surface area contributed by atoms with Gasteiger partial charge in [0.2, 0.25) is 0 Å². The number of nitrogens with zero attached hydrogens (tertiary/aromatic N) is 2. The van der Waals surface area contributed by atoms with Gasteiger partial charge >= 0.3 is 0 Å². The first-order chi connectivity index (χ1) is 9.05. The standard InChI is InChI=1S/C15H31N3O/c1-13-10-15(12-16,11-14(2)19-13)17(3)8-9-18-6-4-5-7-18/h13-14H,4-12,16H2,1-3H3. The second-order valence-corrected chi connectivity index (χ2v) is 6.56. The first-order valence-electron chi connectivity index (χ1n) is 7.85. The van der Waals surface area contributed by atoms with Gasteiger partial charge in [-0.1, -0.05) is 0 Å². The summed E-state index contributed by atoms with van der Waals surface area (Å²) in [4.78, 5) is 5.08. The number of rotatable bonds is 5. The number of hydrogen-bond donors (Lipinski definition) is 1. The van der Waals surface area contributed by atoms with Gasteiger partial charge in [-0.3, -0.25) is 4.90 Å². The second-order valence-electron chi connectivity index (χ2n) is 6.56. The minimum atomic E-state index is 0.136. The highest BCUT2D eigenvalue weighted by molar-refractivity contribution is 4.96. The quantitative estimate of drug-likeness (QED) is 0.817. The third-order valence-corrected chi connectivity index (χ3v) is 4.94. The summed E-state index contributed by atoms with van der Waals surface area (Å²) in [5.41, 5.74) is 6.27. The van der Waals surface area contributed by atoms with E-state index in [4.69, 9.17) is 10.5 Å². The van der Waals surface area contributed by atoms with Gasteiger partial charge in [-0.05, 0) is 59.7 Å². The summed E-state index contributed by atoms with van der Waals surface area (Å²) in [7, 11) is 2.24. The molecule has 2 aliphatic heterocycles. The molecule has 2 rings (SSSR count). The molecule has 0 amide bonds. The van der Waals surface area contributed by atoms with Crippen molar-refractivity contribution in [1.29, 1.82) is 0 Å². The number of likely N-dealkylation sites (N-methyl/N-ethyl adjacent to an activating group) is 1. The third kappa shape index (κ3) is 3.69. The van der Waals surface area contributed by atoms with Crippen molar-refractivity contribution in [3.63, 3.8) is 0 Å². The van der Waals surface area contributed by atoms with Crippen LogP contribution in [0.15, 0.2) is 0 Å². The highest BCUT2D eigenvalue weighted by Crippen LogP contribution is 2.32. The average Bonchev–Trinajstić information content (AvgIpc) is 2.87. The van der Waals surface area contributed by atoms with Gasteiger partial charge in [-0.15, -0.1) is 0 Å². The minimum Gasteiger partial charge on any atom is -0.375 e. The summed E-state index contributed by atoms with van der Waals surface area (Å²) < 4.78 is 5.88. The first-order valence-corrected chi connectivity index (χ1v) is 7.85. The van der Waals surface area contributed by atoms with E-state index in [2.05, 4.69) is 30.7 Å². The molecule has 2 fully saturated rings. The lowest BCUT2D eigenvalue weighted by atomic mass is 9.82. The largest absolute Gasteiger partial charge is 0.375 e. The van der Waals surface area contributed by atoms with E-state index >= 15 is 0 Å². The molecular formula is C15H31N3O. The lowest BCUT2D eigenvalue weighted by Gasteiger charge is -2.48. The van der Waals surface area contributed by atoms with Crippen molar-refractivity contribution < 1.29 is 4.74 Å². The van der Waals surface area contributed by atoms with Gasteiger partial charge in [0.05, 0.1) is 12.2 Å². The van der Waals surface area contributed by atoms with Gasteiger partial charge in [-0.2, -0.15) is 0 Å². The molecule has 0 aromatic carbocycles. The highest BCUT2D eigenvalue weighted by Gasteiger charge is 2.40. The third-order valence-electron chi connectivity index (χ3n) is 4.94. The van der Waals surface area contributed by atoms with E-state index in [1.165, 1.54) is 32.5 Å². The molecule has 0 radical (unpaired) electrons. The van der Waals surface area contributed by atoms with Gasteiger partial charge in [0.25, 0.3) is 0 Å². The Balaban J connectivity index is 1.90. The summed E-state index contributed by atoms with van der Waals surface area (Å²) in [5, 5.41) is 0. The second kappa shape index (κ2) is 6.53. The smallest absolute Gasteiger partial charge is 0.0568 e. The lowest BCUT2D eigenvalue weighted by Crippen LogP contribution is -2.59. The van der Waals surface area contributed by atoms with Crippen LogP contribution in [0.1, 0.15) is 39.5 Å². The molecule has 112 valence electrons. The van der Waals surface area contributed by atoms with Crippen LogP contribution in [-0.2, 0) is 4.74 Å². The number of nitrogens with two attached hydrogens (primary N) is 1. The van der Waals surface area contributed by atoms with Crippen LogP contribution in [0.5, 0.6) is 0 Å². The zero-order chi connectivity index (χ0) is 13.9. The Morgan fingerprint density at radius 3 is 2.32 bits per heavy atom. The summed E-state index contributed by atoms with van der Waals surface area (Å²) in [6.07, 6.45) is 5.50. The molecule has 0 saturated carbocycles. The van der Waals surface area contributed by atoms with Crippen molar-refractivity contribution in [3.8, 4) is 0 Å². The molecule has 4 heteroatoms. The predicted molar refractivity (Wildman–Crippen MR) is 79.3 cm³/mol. The van der Waals surface area contributed by atoms with Gasteiger partial charge in [-0.25, -0.2) is 0 Å². The van der Waals surface area contributed by atoms with E-state index in [1.54, 1.807) is 0 Å².